The van der Waals surface area contributed by atoms with Gasteiger partial charge in [0.05, 0.1) is 0 Å². The largest absolute Gasteiger partial charge is 0.507 e. The van der Waals surface area contributed by atoms with E-state index in [0.29, 0.717) is 29.3 Å². The molecule has 1 aliphatic rings. The molecule has 2 heteroatoms. The number of aryl methyl sites for hydroxylation is 2. The van der Waals surface area contributed by atoms with E-state index in [9.17, 15) is 10.2 Å². The van der Waals surface area contributed by atoms with Crippen molar-refractivity contribution in [2.45, 2.75) is 59.8 Å². The molecule has 2 nitrogen and oxygen atoms in total. The maximum absolute atomic E-state index is 11.0. The summed E-state index contributed by atoms with van der Waals surface area (Å²) in [6.45, 7) is 13.0. The SMILES string of the molecule is Cc1cc(O)c2c(c1)C(C(C)C)Cc1cc3c(cc1-2)cc(C(C)C)c1cc(C)cc(O)c13. The summed E-state index contributed by atoms with van der Waals surface area (Å²) in [6, 6.07) is 15.0. The zero-order valence-electron chi connectivity index (χ0n) is 19.9. The van der Waals surface area contributed by atoms with Crippen molar-refractivity contribution in [3.05, 3.63) is 70.3 Å². The number of phenols is 2. The van der Waals surface area contributed by atoms with Gasteiger partial charge in [0.1, 0.15) is 11.5 Å². The summed E-state index contributed by atoms with van der Waals surface area (Å²) < 4.78 is 0. The third-order valence-electron chi connectivity index (χ3n) is 7.26. The highest BCUT2D eigenvalue weighted by atomic mass is 16.3. The maximum atomic E-state index is 11.0. The van der Waals surface area contributed by atoms with Gasteiger partial charge in [-0.25, -0.2) is 0 Å². The Morgan fingerprint density at radius 1 is 0.781 bits per heavy atom. The number of hydrogen-bond acceptors (Lipinski definition) is 2. The molecule has 0 aromatic heterocycles. The minimum absolute atomic E-state index is 0.341. The molecule has 0 bridgehead atoms. The molecule has 1 unspecified atom stereocenters. The first-order valence-corrected chi connectivity index (χ1v) is 11.7. The minimum Gasteiger partial charge on any atom is -0.507 e. The van der Waals surface area contributed by atoms with Gasteiger partial charge in [-0.2, -0.15) is 0 Å². The predicted octanol–water partition coefficient (Wildman–Crippen LogP) is 8.11. The number of fused-ring (bicyclic) bond motifs is 6. The molecule has 2 N–H and O–H groups in total. The van der Waals surface area contributed by atoms with E-state index in [2.05, 4.69) is 65.0 Å². The molecule has 5 rings (SSSR count). The van der Waals surface area contributed by atoms with Crippen LogP contribution >= 0.6 is 0 Å². The van der Waals surface area contributed by atoms with Crippen LogP contribution in [0.1, 0.15) is 67.3 Å². The van der Waals surface area contributed by atoms with Crippen molar-refractivity contribution < 1.29 is 10.2 Å². The van der Waals surface area contributed by atoms with Gasteiger partial charge in [-0.1, -0.05) is 45.9 Å². The fourth-order valence-corrected chi connectivity index (χ4v) is 5.72. The molecule has 0 spiro atoms. The first kappa shape index (κ1) is 20.9. The van der Waals surface area contributed by atoms with E-state index in [1.807, 2.05) is 19.1 Å². The molecule has 32 heavy (non-hydrogen) atoms. The molecule has 0 saturated heterocycles. The molecular formula is C30H32O2. The molecule has 1 atom stereocenters. The molecule has 4 aromatic carbocycles. The Labute approximate surface area is 190 Å². The number of aromatic hydroxyl groups is 2. The summed E-state index contributed by atoms with van der Waals surface area (Å²) in [6.07, 6.45) is 0.943. The Kier molecular flexibility index (Phi) is 4.74. The van der Waals surface area contributed by atoms with Crippen LogP contribution in [-0.2, 0) is 6.42 Å². The third-order valence-corrected chi connectivity index (χ3v) is 7.26. The second-order valence-electron chi connectivity index (χ2n) is 10.4. The molecule has 0 aliphatic heterocycles. The van der Waals surface area contributed by atoms with E-state index in [-0.39, 0.29) is 0 Å². The van der Waals surface area contributed by atoms with Gasteiger partial charge in [0.2, 0.25) is 0 Å². The number of rotatable bonds is 2. The second kappa shape index (κ2) is 7.27. The van der Waals surface area contributed by atoms with Gasteiger partial charge in [-0.3, -0.25) is 0 Å². The van der Waals surface area contributed by atoms with Crippen molar-refractivity contribution in [3.8, 4) is 22.6 Å². The lowest BCUT2D eigenvalue weighted by Crippen LogP contribution is -2.16. The van der Waals surface area contributed by atoms with Crippen molar-refractivity contribution >= 4 is 21.5 Å². The molecule has 0 amide bonds. The van der Waals surface area contributed by atoms with Gasteiger partial charge in [0, 0.05) is 10.9 Å². The third kappa shape index (κ3) is 3.08. The van der Waals surface area contributed by atoms with Gasteiger partial charge in [-0.15, -0.1) is 0 Å². The van der Waals surface area contributed by atoms with Gasteiger partial charge in [0.15, 0.2) is 0 Å². The van der Waals surface area contributed by atoms with Crippen molar-refractivity contribution in [2.24, 2.45) is 5.92 Å². The van der Waals surface area contributed by atoms with Crippen LogP contribution in [0.2, 0.25) is 0 Å². The van der Waals surface area contributed by atoms with Gasteiger partial charge >= 0.3 is 0 Å². The zero-order valence-corrected chi connectivity index (χ0v) is 19.9. The second-order valence-corrected chi connectivity index (χ2v) is 10.4. The fourth-order valence-electron chi connectivity index (χ4n) is 5.72. The normalized spacial score (nSPS) is 15.6. The smallest absolute Gasteiger partial charge is 0.124 e. The topological polar surface area (TPSA) is 40.5 Å². The van der Waals surface area contributed by atoms with E-state index in [1.165, 1.54) is 16.7 Å². The molecule has 0 radical (unpaired) electrons. The summed E-state index contributed by atoms with van der Waals surface area (Å²) >= 11 is 0. The van der Waals surface area contributed by atoms with E-state index in [0.717, 1.165) is 50.2 Å². The van der Waals surface area contributed by atoms with Gasteiger partial charge in [0.25, 0.3) is 0 Å². The number of benzene rings is 4. The Morgan fingerprint density at radius 3 is 2.16 bits per heavy atom. The molecular weight excluding hydrogens is 392 g/mol. The number of phenolic OH excluding ortho intramolecular Hbond substituents is 2. The summed E-state index contributed by atoms with van der Waals surface area (Å²) in [7, 11) is 0. The van der Waals surface area contributed by atoms with Crippen molar-refractivity contribution in [3.63, 3.8) is 0 Å². The minimum atomic E-state index is 0.341. The van der Waals surface area contributed by atoms with Crippen LogP contribution < -0.4 is 0 Å². The highest BCUT2D eigenvalue weighted by Gasteiger charge is 2.30. The summed E-state index contributed by atoms with van der Waals surface area (Å²) in [5.41, 5.74) is 8.04. The van der Waals surface area contributed by atoms with Crippen LogP contribution in [0.5, 0.6) is 11.5 Å². The van der Waals surface area contributed by atoms with E-state index in [1.54, 1.807) is 0 Å². The van der Waals surface area contributed by atoms with Crippen LogP contribution in [0.25, 0.3) is 32.7 Å². The average molecular weight is 425 g/mol. The number of hydrogen-bond donors (Lipinski definition) is 2. The molecule has 164 valence electrons. The Hall–Kier alpha value is -3.00. The summed E-state index contributed by atoms with van der Waals surface area (Å²) in [5.74, 6) is 1.89. The van der Waals surface area contributed by atoms with Crippen LogP contribution in [0.3, 0.4) is 0 Å². The van der Waals surface area contributed by atoms with Crippen molar-refractivity contribution in [1.29, 1.82) is 0 Å². The first-order chi connectivity index (χ1) is 15.2. The van der Waals surface area contributed by atoms with Crippen LogP contribution in [0.15, 0.2) is 42.5 Å². The molecule has 1 aliphatic carbocycles. The van der Waals surface area contributed by atoms with E-state index >= 15 is 0 Å². The lowest BCUT2D eigenvalue weighted by molar-refractivity contribution is 0.463. The van der Waals surface area contributed by atoms with E-state index in [4.69, 9.17) is 0 Å². The van der Waals surface area contributed by atoms with Crippen LogP contribution in [0.4, 0.5) is 0 Å². The lowest BCUT2D eigenvalue weighted by Gasteiger charge is -2.32. The average Bonchev–Trinajstić information content (AvgIpc) is 2.70. The lowest BCUT2D eigenvalue weighted by atomic mass is 9.72. The van der Waals surface area contributed by atoms with Gasteiger partial charge < -0.3 is 10.2 Å². The Morgan fingerprint density at radius 2 is 1.47 bits per heavy atom. The monoisotopic (exact) mass is 424 g/mol. The van der Waals surface area contributed by atoms with Gasteiger partial charge in [-0.05, 0) is 112 Å². The van der Waals surface area contributed by atoms with Crippen molar-refractivity contribution in [1.82, 2.24) is 0 Å². The quantitative estimate of drug-likeness (QED) is 0.319. The highest BCUT2D eigenvalue weighted by molar-refractivity contribution is 6.13. The first-order valence-electron chi connectivity index (χ1n) is 11.7. The molecule has 4 aromatic rings. The maximum Gasteiger partial charge on any atom is 0.124 e. The van der Waals surface area contributed by atoms with Crippen LogP contribution in [0, 0.1) is 19.8 Å². The molecule has 0 heterocycles. The standard InChI is InChI=1S/C30H32O2/c1-15(2)21-11-19-13-24-20(14-23(19)29-25(21)7-17(5)9-27(29)31)12-22(16(3)4)26-8-18(6)10-28(32)30(24)26/h7-11,13-16,22,31-32H,12H2,1-6H3. The molecule has 0 fully saturated rings. The Balaban J connectivity index is 1.91. The van der Waals surface area contributed by atoms with E-state index < -0.39 is 0 Å². The molecule has 0 saturated carbocycles. The highest BCUT2D eigenvalue weighted by Crippen LogP contribution is 2.49. The van der Waals surface area contributed by atoms with Crippen LogP contribution in [-0.4, -0.2) is 10.2 Å². The predicted molar refractivity (Wildman–Crippen MR) is 135 cm³/mol. The summed E-state index contributed by atoms with van der Waals surface area (Å²) in [4.78, 5) is 0. The Bertz CT molecular complexity index is 1390. The van der Waals surface area contributed by atoms with Crippen molar-refractivity contribution in [2.75, 3.05) is 0 Å². The zero-order chi connectivity index (χ0) is 22.9. The fraction of sp³-hybridized carbons (Fsp3) is 0.333. The summed E-state index contributed by atoms with van der Waals surface area (Å²) in [5, 5.41) is 26.3.